The maximum absolute atomic E-state index is 11.4. The zero-order valence-electron chi connectivity index (χ0n) is 10.3. The monoisotopic (exact) mass is 277 g/mol. The number of nitrogens with zero attached hydrogens (tertiary/aromatic N) is 3. The first-order valence-electron chi connectivity index (χ1n) is 5.39. The van der Waals surface area contributed by atoms with Gasteiger partial charge in [-0.15, -0.1) is 0 Å². The standard InChI is InChI=1S/C12H11N3O3S/c1-7(16)15(2)11-9(12(17)18)14-10(19-11)8-4-3-5-13-6-8/h3-6H,1-2H3,(H,17,18). The lowest BCUT2D eigenvalue weighted by Crippen LogP contribution is -2.23. The van der Waals surface area contributed by atoms with E-state index in [2.05, 4.69) is 9.97 Å². The van der Waals surface area contributed by atoms with Gasteiger partial charge in [-0.3, -0.25) is 9.78 Å². The van der Waals surface area contributed by atoms with Crippen LogP contribution in [0.15, 0.2) is 24.5 Å². The SMILES string of the molecule is CC(=O)N(C)c1sc(-c2cccnc2)nc1C(=O)O. The number of aromatic carboxylic acids is 1. The molecule has 98 valence electrons. The summed E-state index contributed by atoms with van der Waals surface area (Å²) in [5.41, 5.74) is 0.597. The highest BCUT2D eigenvalue weighted by molar-refractivity contribution is 7.19. The van der Waals surface area contributed by atoms with Crippen molar-refractivity contribution in [3.05, 3.63) is 30.2 Å². The van der Waals surface area contributed by atoms with Crippen LogP contribution in [0.4, 0.5) is 5.00 Å². The molecule has 2 rings (SSSR count). The van der Waals surface area contributed by atoms with E-state index in [0.29, 0.717) is 10.0 Å². The minimum absolute atomic E-state index is 0.124. The van der Waals surface area contributed by atoms with E-state index in [1.54, 1.807) is 24.5 Å². The first kappa shape index (κ1) is 13.2. The molecular weight excluding hydrogens is 266 g/mol. The second kappa shape index (κ2) is 5.15. The highest BCUT2D eigenvalue weighted by Gasteiger charge is 2.22. The van der Waals surface area contributed by atoms with Gasteiger partial charge >= 0.3 is 5.97 Å². The lowest BCUT2D eigenvalue weighted by Gasteiger charge is -2.11. The smallest absolute Gasteiger partial charge is 0.357 e. The van der Waals surface area contributed by atoms with Gasteiger partial charge in [-0.2, -0.15) is 0 Å². The van der Waals surface area contributed by atoms with Crippen molar-refractivity contribution in [3.8, 4) is 10.6 Å². The summed E-state index contributed by atoms with van der Waals surface area (Å²) in [6.45, 7) is 1.37. The second-order valence-electron chi connectivity index (χ2n) is 3.80. The van der Waals surface area contributed by atoms with Gasteiger partial charge in [-0.25, -0.2) is 9.78 Å². The highest BCUT2D eigenvalue weighted by atomic mass is 32.1. The fourth-order valence-electron chi connectivity index (χ4n) is 1.43. The third-order valence-corrected chi connectivity index (χ3v) is 3.68. The zero-order valence-corrected chi connectivity index (χ0v) is 11.1. The van der Waals surface area contributed by atoms with Crippen molar-refractivity contribution < 1.29 is 14.7 Å². The molecule has 0 radical (unpaired) electrons. The fourth-order valence-corrected chi connectivity index (χ4v) is 2.49. The van der Waals surface area contributed by atoms with Crippen LogP contribution in [-0.2, 0) is 4.79 Å². The Labute approximate surface area is 113 Å². The summed E-state index contributed by atoms with van der Waals surface area (Å²) < 4.78 is 0. The van der Waals surface area contributed by atoms with Gasteiger partial charge in [0.25, 0.3) is 0 Å². The molecule has 2 heterocycles. The molecule has 0 bridgehead atoms. The first-order chi connectivity index (χ1) is 9.00. The molecule has 0 atom stereocenters. The van der Waals surface area contributed by atoms with Crippen LogP contribution in [0, 0.1) is 0 Å². The Morgan fingerprint density at radius 2 is 2.16 bits per heavy atom. The third kappa shape index (κ3) is 2.60. The van der Waals surface area contributed by atoms with Crippen LogP contribution >= 0.6 is 11.3 Å². The van der Waals surface area contributed by atoms with E-state index in [4.69, 9.17) is 5.11 Å². The van der Waals surface area contributed by atoms with Gasteiger partial charge < -0.3 is 10.0 Å². The van der Waals surface area contributed by atoms with Gasteiger partial charge in [-0.1, -0.05) is 11.3 Å². The molecular formula is C12H11N3O3S. The molecule has 1 N–H and O–H groups in total. The van der Waals surface area contributed by atoms with E-state index < -0.39 is 5.97 Å². The molecule has 0 fully saturated rings. The van der Waals surface area contributed by atoms with Crippen LogP contribution in [0.25, 0.3) is 10.6 Å². The summed E-state index contributed by atoms with van der Waals surface area (Å²) >= 11 is 1.15. The number of carbonyl (C=O) groups is 2. The Hall–Kier alpha value is -2.28. The van der Waals surface area contributed by atoms with Crippen molar-refractivity contribution in [1.82, 2.24) is 9.97 Å². The molecule has 0 unspecified atom stereocenters. The van der Waals surface area contributed by atoms with Gasteiger partial charge in [-0.05, 0) is 12.1 Å². The molecule has 2 aromatic heterocycles. The van der Waals surface area contributed by atoms with Crippen LogP contribution in [0.1, 0.15) is 17.4 Å². The van der Waals surface area contributed by atoms with Crippen molar-refractivity contribution >= 4 is 28.2 Å². The number of anilines is 1. The quantitative estimate of drug-likeness (QED) is 0.926. The van der Waals surface area contributed by atoms with E-state index in [1.807, 2.05) is 0 Å². The summed E-state index contributed by atoms with van der Waals surface area (Å²) in [4.78, 5) is 31.9. The molecule has 0 aliphatic carbocycles. The van der Waals surface area contributed by atoms with Gasteiger partial charge in [0.2, 0.25) is 5.91 Å². The van der Waals surface area contributed by atoms with E-state index in [1.165, 1.54) is 18.9 Å². The van der Waals surface area contributed by atoms with Crippen LogP contribution in [0.2, 0.25) is 0 Å². The van der Waals surface area contributed by atoms with Crippen LogP contribution in [-0.4, -0.2) is 34.0 Å². The van der Waals surface area contributed by atoms with Crippen LogP contribution in [0.5, 0.6) is 0 Å². The predicted octanol–water partition coefficient (Wildman–Crippen LogP) is 1.89. The fraction of sp³-hybridized carbons (Fsp3) is 0.167. The topological polar surface area (TPSA) is 83.4 Å². The molecule has 1 amide bonds. The zero-order chi connectivity index (χ0) is 14.0. The average molecular weight is 277 g/mol. The Balaban J connectivity index is 2.53. The van der Waals surface area contributed by atoms with Gasteiger partial charge in [0.05, 0.1) is 0 Å². The van der Waals surface area contributed by atoms with Crippen LogP contribution < -0.4 is 4.90 Å². The first-order valence-corrected chi connectivity index (χ1v) is 6.21. The second-order valence-corrected chi connectivity index (χ2v) is 4.78. The number of thiazole rings is 1. The molecule has 2 aromatic rings. The number of hydrogen-bond donors (Lipinski definition) is 1. The number of rotatable bonds is 3. The van der Waals surface area contributed by atoms with Gasteiger partial charge in [0.1, 0.15) is 10.0 Å². The summed E-state index contributed by atoms with van der Waals surface area (Å²) in [6, 6.07) is 3.53. The van der Waals surface area contributed by atoms with Gasteiger partial charge in [0.15, 0.2) is 5.69 Å². The highest BCUT2D eigenvalue weighted by Crippen LogP contribution is 2.34. The summed E-state index contributed by atoms with van der Waals surface area (Å²) in [5.74, 6) is -1.40. The molecule has 0 aliphatic heterocycles. The number of aromatic nitrogens is 2. The Kier molecular flexibility index (Phi) is 3.57. The van der Waals surface area contributed by atoms with E-state index in [-0.39, 0.29) is 11.6 Å². The summed E-state index contributed by atoms with van der Waals surface area (Å²) in [6.07, 6.45) is 3.22. The lowest BCUT2D eigenvalue weighted by atomic mass is 10.3. The number of amides is 1. The minimum Gasteiger partial charge on any atom is -0.476 e. The molecule has 0 spiro atoms. The number of carbonyl (C=O) groups excluding carboxylic acids is 1. The lowest BCUT2D eigenvalue weighted by molar-refractivity contribution is -0.116. The van der Waals surface area contributed by atoms with Crippen molar-refractivity contribution in [3.63, 3.8) is 0 Å². The van der Waals surface area contributed by atoms with Crippen molar-refractivity contribution in [2.24, 2.45) is 0 Å². The number of pyridine rings is 1. The minimum atomic E-state index is -1.16. The van der Waals surface area contributed by atoms with E-state index in [0.717, 1.165) is 16.9 Å². The number of hydrogen-bond acceptors (Lipinski definition) is 5. The molecule has 0 aliphatic rings. The van der Waals surface area contributed by atoms with Gasteiger partial charge in [0, 0.05) is 31.9 Å². The van der Waals surface area contributed by atoms with E-state index >= 15 is 0 Å². The number of carboxylic acids is 1. The number of carboxylic acid groups (broad SMARTS) is 1. The molecule has 6 nitrogen and oxygen atoms in total. The van der Waals surface area contributed by atoms with Crippen molar-refractivity contribution in [1.29, 1.82) is 0 Å². The maximum atomic E-state index is 11.4. The predicted molar refractivity (Wildman–Crippen MR) is 71.4 cm³/mol. The van der Waals surface area contributed by atoms with Crippen LogP contribution in [0.3, 0.4) is 0 Å². The van der Waals surface area contributed by atoms with Crippen molar-refractivity contribution in [2.75, 3.05) is 11.9 Å². The third-order valence-electron chi connectivity index (χ3n) is 2.50. The molecule has 0 saturated heterocycles. The molecule has 7 heteroatoms. The molecule has 0 aromatic carbocycles. The summed E-state index contributed by atoms with van der Waals surface area (Å²) in [5, 5.41) is 9.99. The summed E-state index contributed by atoms with van der Waals surface area (Å²) in [7, 11) is 1.52. The Morgan fingerprint density at radius 1 is 1.42 bits per heavy atom. The Bertz CT molecular complexity index is 624. The Morgan fingerprint density at radius 3 is 2.68 bits per heavy atom. The van der Waals surface area contributed by atoms with Crippen molar-refractivity contribution in [2.45, 2.75) is 6.92 Å². The average Bonchev–Trinajstić information content (AvgIpc) is 2.83. The largest absolute Gasteiger partial charge is 0.476 e. The molecule has 19 heavy (non-hydrogen) atoms. The van der Waals surface area contributed by atoms with E-state index in [9.17, 15) is 9.59 Å². The molecule has 0 saturated carbocycles. The maximum Gasteiger partial charge on any atom is 0.357 e. The normalized spacial score (nSPS) is 10.2.